The van der Waals surface area contributed by atoms with Gasteiger partial charge in [-0.2, -0.15) is 0 Å². The van der Waals surface area contributed by atoms with Crippen LogP contribution >= 0.6 is 0 Å². The van der Waals surface area contributed by atoms with Crippen molar-refractivity contribution in [2.75, 3.05) is 0 Å². The molecule has 0 rings (SSSR count). The van der Waals surface area contributed by atoms with Gasteiger partial charge in [-0.3, -0.25) is 0 Å². The first-order valence-electron chi connectivity index (χ1n) is 7.21. The van der Waals surface area contributed by atoms with Gasteiger partial charge in [0.25, 0.3) is 0 Å². The van der Waals surface area contributed by atoms with Crippen LogP contribution < -0.4 is 0 Å². The van der Waals surface area contributed by atoms with Gasteiger partial charge in [0.2, 0.25) is 0 Å². The van der Waals surface area contributed by atoms with E-state index in [-0.39, 0.29) is 68.3 Å². The van der Waals surface area contributed by atoms with Crippen molar-refractivity contribution in [3.63, 3.8) is 0 Å². The van der Waals surface area contributed by atoms with E-state index in [0.717, 1.165) is 83.2 Å². The molecule has 0 unspecified atom stereocenters. The summed E-state index contributed by atoms with van der Waals surface area (Å²) >= 11 is -20.3. The van der Waals surface area contributed by atoms with Gasteiger partial charge < -0.3 is 0 Å². The Morgan fingerprint density at radius 2 is 0.209 bits per heavy atom. The van der Waals surface area contributed by atoms with E-state index in [4.69, 9.17) is 94.7 Å². The number of hydrogen-bond acceptors (Lipinski definition) is 18. The van der Waals surface area contributed by atoms with E-state index in [9.17, 15) is 0 Å². The summed E-state index contributed by atoms with van der Waals surface area (Å²) in [5.41, 5.74) is 0. The second-order valence-electron chi connectivity index (χ2n) is 5.40. The predicted octanol–water partition coefficient (Wildman–Crippen LogP) is 0.285. The van der Waals surface area contributed by atoms with E-state index in [1.165, 1.54) is 0 Å². The Hall–Kier alpha value is -5.19. The van der Waals surface area contributed by atoms with E-state index in [2.05, 4.69) is 0 Å². The third-order valence-electron chi connectivity index (χ3n) is 3.56. The molecule has 0 amide bonds. The van der Waals surface area contributed by atoms with Crippen molar-refractivity contribution >= 4 is 0 Å². The van der Waals surface area contributed by atoms with Crippen LogP contribution in [0.2, 0.25) is 0 Å². The van der Waals surface area contributed by atoms with Crippen LogP contribution in [0, 0.1) is 178 Å². The molecule has 18 nitrogen and oxygen atoms in total. The Morgan fingerprint density at radius 1 is 0.163 bits per heavy atom. The monoisotopic (exact) mass is 1270 g/mol. The summed E-state index contributed by atoms with van der Waals surface area (Å²) in [5, 5.41) is 155. The van der Waals surface area contributed by atoms with Crippen LogP contribution in [-0.2, 0) is 106 Å². The molecule has 4 radical (unpaired) electrons. The van der Waals surface area contributed by atoms with Crippen LogP contribution in [0.5, 0.6) is 0 Å². The molecule has 218 valence electrons. The van der Waals surface area contributed by atoms with Gasteiger partial charge in [0.1, 0.15) is 0 Å². The summed E-state index contributed by atoms with van der Waals surface area (Å²) in [5.74, 6) is 0. The molecule has 0 aliphatic carbocycles. The minimum absolute atomic E-state index is 0. The average Bonchev–Trinajstić information content (AvgIpc) is 3.06. The molecule has 0 aromatic heterocycles. The molecule has 0 saturated heterocycles. The van der Waals surface area contributed by atoms with E-state index >= 15 is 0 Å². The fourth-order valence-electron chi connectivity index (χ4n) is 0.795. The van der Waals surface area contributed by atoms with Crippen molar-refractivity contribution in [1.29, 1.82) is 94.7 Å². The number of nitriles is 18. The van der Waals surface area contributed by atoms with Crippen LogP contribution in [0.25, 0.3) is 0 Å². The Balaban J connectivity index is -0.0000000864. The molecule has 0 aliphatic rings. The zero-order valence-corrected chi connectivity index (χ0v) is 31.6. The molecule has 25 heteroatoms. The number of nitrogens with zero attached hydrogens (tertiary/aromatic N) is 18. The van der Waals surface area contributed by atoms with Crippen LogP contribution in [0.1, 0.15) is 0 Å². The molecule has 0 aromatic carbocycles. The molecule has 0 heterocycles. The Morgan fingerprint density at radius 3 is 0.209 bits per heavy atom. The minimum Gasteiger partial charge on any atom is 3.00 e. The summed E-state index contributed by atoms with van der Waals surface area (Å²) in [6.45, 7) is 0. The van der Waals surface area contributed by atoms with E-state index in [0.29, 0.717) is 0 Å². The van der Waals surface area contributed by atoms with Gasteiger partial charge >= 0.3 is 284 Å². The van der Waals surface area contributed by atoms with Crippen LogP contribution in [0.3, 0.4) is 0 Å². The van der Waals surface area contributed by atoms with Crippen molar-refractivity contribution in [2.45, 2.75) is 0 Å². The molecule has 0 N–H and O–H groups in total. The van der Waals surface area contributed by atoms with Crippen LogP contribution in [0.15, 0.2) is 0 Å². The van der Waals surface area contributed by atoms with Crippen molar-refractivity contribution in [3.8, 4) is 83.2 Å². The topological polar surface area (TPSA) is 428 Å². The largest absolute Gasteiger partial charge is 3.00 e. The minimum atomic E-state index is -6.75. The molecule has 43 heavy (non-hydrogen) atoms. The predicted molar refractivity (Wildman–Crippen MR) is 101 cm³/mol. The van der Waals surface area contributed by atoms with Gasteiger partial charge in [-0.15, -0.1) is 0 Å². The van der Waals surface area contributed by atoms with Crippen LogP contribution in [-0.4, -0.2) is 0 Å². The third-order valence-corrected chi connectivity index (χ3v) is 29.1. The summed E-state index contributed by atoms with van der Waals surface area (Å²) in [4.78, 5) is 0. The first-order chi connectivity index (χ1) is 17.9. The molecular weight excluding hydrogens is 1260 g/mol. The zero-order chi connectivity index (χ0) is 32.0. The van der Waals surface area contributed by atoms with Gasteiger partial charge in [-0.25, -0.2) is 0 Å². The van der Waals surface area contributed by atoms with Crippen molar-refractivity contribution in [2.24, 2.45) is 0 Å². The second-order valence-corrected chi connectivity index (χ2v) is 44.2. The SMILES string of the molecule is N#[C][Os-4]([C]#N)([C]#N)([C]#N)([C]#N)[C]#N.N#[C][Os-4]([C]#N)([C]#N)([C]#N)([C]#N)[C]#N.N#[C][Os-4]([C]#N)([C]#N)([C]#N)([C]#N)[C]#N.[Fe+3].[Fe+3].[Fe+3].[Fe+3]. The molecule has 0 saturated carbocycles. The molecule has 0 aromatic rings. The van der Waals surface area contributed by atoms with Crippen molar-refractivity contribution in [3.05, 3.63) is 0 Å². The van der Waals surface area contributed by atoms with Gasteiger partial charge in [0.05, 0.1) is 0 Å². The molecule has 0 aliphatic heterocycles. The van der Waals surface area contributed by atoms with Gasteiger partial charge in [-0.1, -0.05) is 0 Å². The molecule has 0 atom stereocenters. The standard InChI is InChI=1S/18CN.4Fe.3Os/c18*1-2;;;;;;;/q;;;;;;;;;;;;;;;;;;4*+3;3*-4. The first-order valence-corrected chi connectivity index (χ1v) is 30.1. The second kappa shape index (κ2) is 14.1. The van der Waals surface area contributed by atoms with E-state index < -0.39 is 37.9 Å². The van der Waals surface area contributed by atoms with Gasteiger partial charge in [0.15, 0.2) is 0 Å². The fourth-order valence-corrected chi connectivity index (χ4v) is 6.51. The van der Waals surface area contributed by atoms with E-state index in [1.807, 2.05) is 0 Å². The maximum Gasteiger partial charge on any atom is 3.00 e. The smallest absolute Gasteiger partial charge is 3.00 e. The van der Waals surface area contributed by atoms with Crippen molar-refractivity contribution in [1.82, 2.24) is 0 Å². The summed E-state index contributed by atoms with van der Waals surface area (Å²) in [6.07, 6.45) is 0. The Kier molecular flexibility index (Phi) is 17.7. The van der Waals surface area contributed by atoms with Crippen LogP contribution in [0.4, 0.5) is 0 Å². The number of rotatable bonds is 0. The van der Waals surface area contributed by atoms with Crippen molar-refractivity contribution < 1.29 is 106 Å². The summed E-state index contributed by atoms with van der Waals surface area (Å²) in [7, 11) is 0. The normalized spacial score (nSPS) is 12.1. The van der Waals surface area contributed by atoms with Gasteiger partial charge in [-0.05, 0) is 0 Å². The molecule has 0 spiro atoms. The average molecular weight is 1260 g/mol. The number of hydrogen-bond donors (Lipinski definition) is 0. The first kappa shape index (κ1) is 54.0. The molecular formula is C18Fe4N18Os3. The Bertz CT molecular complexity index is 1420. The third kappa shape index (κ3) is 6.20. The van der Waals surface area contributed by atoms with Gasteiger partial charge in [0, 0.05) is 0 Å². The van der Waals surface area contributed by atoms with E-state index in [1.54, 1.807) is 0 Å². The fraction of sp³-hybridized carbons (Fsp3) is 0. The molecule has 0 fully saturated rings. The maximum atomic E-state index is 8.60. The summed E-state index contributed by atoms with van der Waals surface area (Å²) in [6, 6.07) is 0. The summed E-state index contributed by atoms with van der Waals surface area (Å²) < 4.78 is 19.4. The Labute approximate surface area is 281 Å². The maximum absolute atomic E-state index is 8.60. The quantitative estimate of drug-likeness (QED) is 0.294. The zero-order valence-electron chi connectivity index (χ0n) is 19.5. The molecule has 0 bridgehead atoms.